The van der Waals surface area contributed by atoms with Gasteiger partial charge < -0.3 is 4.90 Å². The first-order valence-electron chi connectivity index (χ1n) is 7.15. The number of aromatic nitrogens is 2. The van der Waals surface area contributed by atoms with Crippen LogP contribution >= 0.6 is 0 Å². The van der Waals surface area contributed by atoms with E-state index < -0.39 is 9.84 Å². The van der Waals surface area contributed by atoms with Crippen molar-refractivity contribution in [3.8, 4) is 0 Å². The summed E-state index contributed by atoms with van der Waals surface area (Å²) in [5.74, 6) is 1.58. The fourth-order valence-corrected chi connectivity index (χ4v) is 3.37. The highest BCUT2D eigenvalue weighted by atomic mass is 32.2. The Morgan fingerprint density at radius 1 is 1.19 bits per heavy atom. The number of hydrogen-bond donors (Lipinski definition) is 0. The van der Waals surface area contributed by atoms with Gasteiger partial charge in [-0.3, -0.25) is 0 Å². The smallest absolute Gasteiger partial charge is 0.175 e. The highest BCUT2D eigenvalue weighted by Gasteiger charge is 2.20. The molecule has 0 atom stereocenters. The van der Waals surface area contributed by atoms with Gasteiger partial charge in [0.1, 0.15) is 12.1 Å². The zero-order valence-electron chi connectivity index (χ0n) is 12.3. The van der Waals surface area contributed by atoms with Gasteiger partial charge in [0, 0.05) is 24.7 Å². The van der Waals surface area contributed by atoms with Crippen molar-refractivity contribution in [1.29, 1.82) is 0 Å². The molecule has 6 heteroatoms. The average molecular weight is 305 g/mol. The predicted octanol–water partition coefficient (Wildman–Crippen LogP) is 2.27. The molecule has 1 aromatic carbocycles. The molecule has 1 fully saturated rings. The lowest BCUT2D eigenvalue weighted by molar-refractivity contribution is 0.437. The second-order valence-electron chi connectivity index (χ2n) is 5.82. The second-order valence-corrected chi connectivity index (χ2v) is 7.83. The van der Waals surface area contributed by atoms with Crippen LogP contribution in [0.1, 0.15) is 19.8 Å². The summed E-state index contributed by atoms with van der Waals surface area (Å²) in [7, 11) is -3.22. The van der Waals surface area contributed by atoms with Gasteiger partial charge in [0.2, 0.25) is 0 Å². The molecule has 2 aromatic rings. The molecule has 0 aliphatic carbocycles. The number of rotatable bonds is 2. The summed E-state index contributed by atoms with van der Waals surface area (Å²) in [6, 6.07) is 5.05. The van der Waals surface area contributed by atoms with Crippen LogP contribution in [0.25, 0.3) is 10.9 Å². The van der Waals surface area contributed by atoms with Crippen molar-refractivity contribution in [2.75, 3.05) is 24.2 Å². The predicted molar refractivity (Wildman–Crippen MR) is 83.3 cm³/mol. The molecule has 2 heterocycles. The number of anilines is 1. The van der Waals surface area contributed by atoms with Crippen LogP contribution in [-0.2, 0) is 9.84 Å². The Morgan fingerprint density at radius 2 is 1.90 bits per heavy atom. The van der Waals surface area contributed by atoms with Gasteiger partial charge in [0.15, 0.2) is 9.84 Å². The Balaban J connectivity index is 2.09. The normalized spacial score (nSPS) is 17.3. The molecule has 0 saturated carbocycles. The molecule has 1 aliphatic rings. The standard InChI is InChI=1S/C15H19N3O2S/c1-11-5-7-18(8-6-11)15-13-9-12(21(2,19)20)3-4-14(13)16-10-17-15/h3-4,9-11H,5-8H2,1-2H3. The summed E-state index contributed by atoms with van der Waals surface area (Å²) in [5, 5.41) is 0.815. The third-order valence-corrected chi connectivity index (χ3v) is 5.21. The van der Waals surface area contributed by atoms with Crippen LogP contribution < -0.4 is 4.90 Å². The summed E-state index contributed by atoms with van der Waals surface area (Å²) in [6.07, 6.45) is 5.05. The van der Waals surface area contributed by atoms with Crippen molar-refractivity contribution in [3.05, 3.63) is 24.5 Å². The second kappa shape index (κ2) is 5.26. The SMILES string of the molecule is CC1CCN(c2ncnc3ccc(S(C)(=O)=O)cc23)CC1. The van der Waals surface area contributed by atoms with E-state index in [1.165, 1.54) is 6.26 Å². The topological polar surface area (TPSA) is 63.2 Å². The molecule has 0 N–H and O–H groups in total. The summed E-state index contributed by atoms with van der Waals surface area (Å²) >= 11 is 0. The van der Waals surface area contributed by atoms with Gasteiger partial charge in [0.05, 0.1) is 10.4 Å². The van der Waals surface area contributed by atoms with E-state index in [0.717, 1.165) is 48.6 Å². The van der Waals surface area contributed by atoms with Crippen molar-refractivity contribution in [2.24, 2.45) is 5.92 Å². The van der Waals surface area contributed by atoms with Gasteiger partial charge in [-0.05, 0) is 37.0 Å². The van der Waals surface area contributed by atoms with Gasteiger partial charge in [0.25, 0.3) is 0 Å². The van der Waals surface area contributed by atoms with E-state index in [-0.39, 0.29) is 0 Å². The quantitative estimate of drug-likeness (QED) is 0.851. The molecular formula is C15H19N3O2S. The lowest BCUT2D eigenvalue weighted by Gasteiger charge is -2.31. The number of benzene rings is 1. The first-order valence-corrected chi connectivity index (χ1v) is 9.04. The van der Waals surface area contributed by atoms with E-state index >= 15 is 0 Å². The van der Waals surface area contributed by atoms with Crippen LogP contribution in [0.5, 0.6) is 0 Å². The first kappa shape index (κ1) is 14.3. The van der Waals surface area contributed by atoms with Crippen LogP contribution in [0.15, 0.2) is 29.4 Å². The number of sulfone groups is 1. The number of nitrogens with zero attached hydrogens (tertiary/aromatic N) is 3. The molecule has 1 aliphatic heterocycles. The number of fused-ring (bicyclic) bond motifs is 1. The molecule has 0 spiro atoms. The third-order valence-electron chi connectivity index (χ3n) is 4.10. The molecular weight excluding hydrogens is 286 g/mol. The third kappa shape index (κ3) is 2.85. The molecule has 0 amide bonds. The van der Waals surface area contributed by atoms with Gasteiger partial charge >= 0.3 is 0 Å². The molecule has 21 heavy (non-hydrogen) atoms. The van der Waals surface area contributed by atoms with Gasteiger partial charge in [-0.2, -0.15) is 0 Å². The largest absolute Gasteiger partial charge is 0.356 e. The van der Waals surface area contributed by atoms with Crippen LogP contribution in [0.2, 0.25) is 0 Å². The van der Waals surface area contributed by atoms with Gasteiger partial charge in [-0.1, -0.05) is 6.92 Å². The zero-order chi connectivity index (χ0) is 15.0. The van der Waals surface area contributed by atoms with Crippen molar-refractivity contribution < 1.29 is 8.42 Å². The van der Waals surface area contributed by atoms with Crippen molar-refractivity contribution in [1.82, 2.24) is 9.97 Å². The minimum atomic E-state index is -3.22. The summed E-state index contributed by atoms with van der Waals surface area (Å²) in [4.78, 5) is 11.2. The van der Waals surface area contributed by atoms with Crippen LogP contribution in [-0.4, -0.2) is 37.7 Å². The van der Waals surface area contributed by atoms with E-state index in [2.05, 4.69) is 21.8 Å². The highest BCUT2D eigenvalue weighted by molar-refractivity contribution is 7.90. The summed E-state index contributed by atoms with van der Waals surface area (Å²) < 4.78 is 23.5. The van der Waals surface area contributed by atoms with Crippen molar-refractivity contribution in [3.63, 3.8) is 0 Å². The fourth-order valence-electron chi connectivity index (χ4n) is 2.73. The van der Waals surface area contributed by atoms with Gasteiger partial charge in [-0.15, -0.1) is 0 Å². The average Bonchev–Trinajstić information content (AvgIpc) is 2.46. The van der Waals surface area contributed by atoms with Crippen molar-refractivity contribution in [2.45, 2.75) is 24.7 Å². The molecule has 3 rings (SSSR count). The maximum Gasteiger partial charge on any atom is 0.175 e. The van der Waals surface area contributed by atoms with E-state index in [4.69, 9.17) is 0 Å². The van der Waals surface area contributed by atoms with Gasteiger partial charge in [-0.25, -0.2) is 18.4 Å². The fraction of sp³-hybridized carbons (Fsp3) is 0.467. The summed E-state index contributed by atoms with van der Waals surface area (Å²) in [5.41, 5.74) is 0.783. The maximum absolute atomic E-state index is 11.8. The number of piperidine rings is 1. The summed E-state index contributed by atoms with van der Waals surface area (Å²) in [6.45, 7) is 4.17. The van der Waals surface area contributed by atoms with E-state index in [0.29, 0.717) is 4.90 Å². The minimum absolute atomic E-state index is 0.316. The van der Waals surface area contributed by atoms with E-state index in [1.54, 1.807) is 24.5 Å². The van der Waals surface area contributed by atoms with Crippen LogP contribution in [0.4, 0.5) is 5.82 Å². The Bertz CT molecular complexity index is 766. The Kier molecular flexibility index (Phi) is 3.57. The minimum Gasteiger partial charge on any atom is -0.356 e. The number of hydrogen-bond acceptors (Lipinski definition) is 5. The van der Waals surface area contributed by atoms with Crippen LogP contribution in [0.3, 0.4) is 0 Å². The molecule has 5 nitrogen and oxygen atoms in total. The first-order chi connectivity index (χ1) is 9.95. The van der Waals surface area contributed by atoms with E-state index in [1.807, 2.05) is 0 Å². The molecule has 0 bridgehead atoms. The molecule has 0 radical (unpaired) electrons. The monoisotopic (exact) mass is 305 g/mol. The molecule has 1 aromatic heterocycles. The molecule has 112 valence electrons. The lowest BCUT2D eigenvalue weighted by atomic mass is 9.99. The zero-order valence-corrected chi connectivity index (χ0v) is 13.1. The Labute approximate surface area is 124 Å². The van der Waals surface area contributed by atoms with Crippen molar-refractivity contribution >= 4 is 26.6 Å². The van der Waals surface area contributed by atoms with Crippen LogP contribution in [0, 0.1) is 5.92 Å². The molecule has 1 saturated heterocycles. The highest BCUT2D eigenvalue weighted by Crippen LogP contribution is 2.28. The Hall–Kier alpha value is -1.69. The molecule has 0 unspecified atom stereocenters. The lowest BCUT2D eigenvalue weighted by Crippen LogP contribution is -2.33. The Morgan fingerprint density at radius 3 is 2.57 bits per heavy atom. The van der Waals surface area contributed by atoms with E-state index in [9.17, 15) is 8.42 Å². The maximum atomic E-state index is 11.8.